The summed E-state index contributed by atoms with van der Waals surface area (Å²) in [5.41, 5.74) is -0.684. The fraction of sp³-hybridized carbons (Fsp3) is 0.867. The van der Waals surface area contributed by atoms with Crippen molar-refractivity contribution in [3.63, 3.8) is 0 Å². The summed E-state index contributed by atoms with van der Waals surface area (Å²) in [6.07, 6.45) is 3.52. The molecule has 0 bridgehead atoms. The molecule has 4 heteroatoms. The van der Waals surface area contributed by atoms with Gasteiger partial charge >= 0.3 is 0 Å². The number of nitrogens with zero attached hydrogens (tertiary/aromatic N) is 1. The first-order chi connectivity index (χ1) is 8.92. The van der Waals surface area contributed by atoms with Crippen LogP contribution in [-0.2, 0) is 9.59 Å². The Bertz CT molecular complexity index is 343. The van der Waals surface area contributed by atoms with Crippen molar-refractivity contribution in [1.29, 1.82) is 0 Å². The minimum absolute atomic E-state index is 0.00370. The SMILES string of the molecule is CCCCN1C(=O)C(C(C)CC)NC(=O)C1(C)CC. The lowest BCUT2D eigenvalue weighted by Gasteiger charge is -2.47. The van der Waals surface area contributed by atoms with Gasteiger partial charge in [-0.1, -0.05) is 40.5 Å². The van der Waals surface area contributed by atoms with E-state index in [2.05, 4.69) is 12.2 Å². The van der Waals surface area contributed by atoms with Crippen LogP contribution < -0.4 is 5.32 Å². The Morgan fingerprint density at radius 2 is 1.95 bits per heavy atom. The van der Waals surface area contributed by atoms with E-state index in [0.29, 0.717) is 13.0 Å². The number of hydrogen-bond acceptors (Lipinski definition) is 2. The number of carbonyl (C=O) groups is 2. The maximum atomic E-state index is 12.7. The summed E-state index contributed by atoms with van der Waals surface area (Å²) in [5.74, 6) is 0.268. The molecular weight excluding hydrogens is 240 g/mol. The van der Waals surface area contributed by atoms with Crippen molar-refractivity contribution in [2.24, 2.45) is 5.92 Å². The van der Waals surface area contributed by atoms with Gasteiger partial charge < -0.3 is 10.2 Å². The van der Waals surface area contributed by atoms with Crippen LogP contribution in [-0.4, -0.2) is 34.8 Å². The molecule has 0 radical (unpaired) electrons. The Labute approximate surface area is 116 Å². The molecule has 0 spiro atoms. The molecule has 0 aromatic heterocycles. The standard InChI is InChI=1S/C15H28N2O2/c1-6-9-10-17-13(18)12(11(4)7-2)16-14(19)15(17,5)8-3/h11-12H,6-10H2,1-5H3,(H,16,19). The number of amides is 2. The topological polar surface area (TPSA) is 49.4 Å². The fourth-order valence-corrected chi connectivity index (χ4v) is 2.54. The largest absolute Gasteiger partial charge is 0.342 e. The van der Waals surface area contributed by atoms with Gasteiger partial charge in [-0.25, -0.2) is 0 Å². The van der Waals surface area contributed by atoms with E-state index in [1.807, 2.05) is 32.6 Å². The third-order valence-electron chi connectivity index (χ3n) is 4.54. The lowest BCUT2D eigenvalue weighted by molar-refractivity contribution is -0.158. The zero-order chi connectivity index (χ0) is 14.6. The van der Waals surface area contributed by atoms with Crippen molar-refractivity contribution >= 4 is 11.8 Å². The Morgan fingerprint density at radius 1 is 1.32 bits per heavy atom. The normalized spacial score (nSPS) is 29.3. The van der Waals surface area contributed by atoms with Crippen molar-refractivity contribution in [2.75, 3.05) is 6.54 Å². The molecule has 1 saturated heterocycles. The highest BCUT2D eigenvalue weighted by atomic mass is 16.2. The molecule has 4 nitrogen and oxygen atoms in total. The fourth-order valence-electron chi connectivity index (χ4n) is 2.54. The molecule has 19 heavy (non-hydrogen) atoms. The van der Waals surface area contributed by atoms with Crippen molar-refractivity contribution < 1.29 is 9.59 Å². The van der Waals surface area contributed by atoms with E-state index in [1.54, 1.807) is 0 Å². The molecule has 3 unspecified atom stereocenters. The van der Waals surface area contributed by atoms with Gasteiger partial charge in [-0.2, -0.15) is 0 Å². The number of hydrogen-bond donors (Lipinski definition) is 1. The Kier molecular flexibility index (Phi) is 5.39. The molecule has 1 N–H and O–H groups in total. The van der Waals surface area contributed by atoms with Crippen LogP contribution in [0, 0.1) is 5.92 Å². The second-order valence-corrected chi connectivity index (χ2v) is 5.81. The first kappa shape index (κ1) is 16.0. The van der Waals surface area contributed by atoms with E-state index in [4.69, 9.17) is 0 Å². The minimum atomic E-state index is -0.684. The Balaban J connectivity index is 3.01. The van der Waals surface area contributed by atoms with E-state index in [1.165, 1.54) is 0 Å². The van der Waals surface area contributed by atoms with Gasteiger partial charge in [-0.3, -0.25) is 9.59 Å². The second kappa shape index (κ2) is 6.40. The van der Waals surface area contributed by atoms with Gasteiger partial charge in [0, 0.05) is 6.54 Å². The van der Waals surface area contributed by atoms with Crippen molar-refractivity contribution in [3.8, 4) is 0 Å². The monoisotopic (exact) mass is 268 g/mol. The van der Waals surface area contributed by atoms with Crippen LogP contribution >= 0.6 is 0 Å². The number of carbonyl (C=O) groups excluding carboxylic acids is 2. The van der Waals surface area contributed by atoms with Gasteiger partial charge in [0.15, 0.2) is 0 Å². The van der Waals surface area contributed by atoms with Crippen LogP contribution in [0.5, 0.6) is 0 Å². The summed E-state index contributed by atoms with van der Waals surface area (Å²) in [6.45, 7) is 10.7. The van der Waals surface area contributed by atoms with Crippen LogP contribution in [0.3, 0.4) is 0 Å². The van der Waals surface area contributed by atoms with E-state index in [9.17, 15) is 9.59 Å². The average molecular weight is 268 g/mol. The van der Waals surface area contributed by atoms with Gasteiger partial charge in [0.1, 0.15) is 11.6 Å². The summed E-state index contributed by atoms with van der Waals surface area (Å²) >= 11 is 0. The smallest absolute Gasteiger partial charge is 0.246 e. The number of rotatable bonds is 6. The van der Waals surface area contributed by atoms with Gasteiger partial charge in [0.2, 0.25) is 11.8 Å². The number of nitrogens with one attached hydrogen (secondary N) is 1. The third-order valence-corrected chi connectivity index (χ3v) is 4.54. The minimum Gasteiger partial charge on any atom is -0.342 e. The van der Waals surface area contributed by atoms with Crippen LogP contribution in [0.2, 0.25) is 0 Å². The molecule has 110 valence electrons. The molecule has 0 aliphatic carbocycles. The summed E-state index contributed by atoms with van der Waals surface area (Å²) in [6, 6.07) is -0.353. The summed E-state index contributed by atoms with van der Waals surface area (Å²) in [5, 5.41) is 2.93. The average Bonchev–Trinajstić information content (AvgIpc) is 2.41. The molecule has 1 rings (SSSR count). The highest BCUT2D eigenvalue weighted by molar-refractivity contribution is 5.99. The molecule has 1 aliphatic heterocycles. The summed E-state index contributed by atoms with van der Waals surface area (Å²) in [7, 11) is 0. The van der Waals surface area contributed by atoms with Crippen LogP contribution in [0.1, 0.15) is 60.3 Å². The number of unbranched alkanes of at least 4 members (excludes halogenated alkanes) is 1. The molecule has 3 atom stereocenters. The van der Waals surface area contributed by atoms with Crippen molar-refractivity contribution in [1.82, 2.24) is 10.2 Å². The zero-order valence-corrected chi connectivity index (χ0v) is 13.0. The first-order valence-corrected chi connectivity index (χ1v) is 7.54. The van der Waals surface area contributed by atoms with Gasteiger partial charge in [0.25, 0.3) is 0 Å². The lowest BCUT2D eigenvalue weighted by Crippen LogP contribution is -2.70. The maximum Gasteiger partial charge on any atom is 0.246 e. The van der Waals surface area contributed by atoms with E-state index in [0.717, 1.165) is 19.3 Å². The van der Waals surface area contributed by atoms with E-state index < -0.39 is 5.54 Å². The highest BCUT2D eigenvalue weighted by Crippen LogP contribution is 2.28. The lowest BCUT2D eigenvalue weighted by atomic mass is 9.86. The molecule has 1 heterocycles. The van der Waals surface area contributed by atoms with Crippen LogP contribution in [0.4, 0.5) is 0 Å². The molecular formula is C15H28N2O2. The third kappa shape index (κ3) is 2.93. The maximum absolute atomic E-state index is 12.7. The van der Waals surface area contributed by atoms with Gasteiger partial charge in [0.05, 0.1) is 0 Å². The predicted molar refractivity (Wildman–Crippen MR) is 76.7 cm³/mol. The summed E-state index contributed by atoms with van der Waals surface area (Å²) < 4.78 is 0. The molecule has 0 aromatic rings. The van der Waals surface area contributed by atoms with Crippen LogP contribution in [0.15, 0.2) is 0 Å². The van der Waals surface area contributed by atoms with E-state index >= 15 is 0 Å². The Morgan fingerprint density at radius 3 is 2.42 bits per heavy atom. The molecule has 1 aliphatic rings. The zero-order valence-electron chi connectivity index (χ0n) is 13.0. The predicted octanol–water partition coefficient (Wildman–Crippen LogP) is 2.33. The molecule has 0 aromatic carbocycles. The highest BCUT2D eigenvalue weighted by Gasteiger charge is 2.48. The Hall–Kier alpha value is -1.06. The first-order valence-electron chi connectivity index (χ1n) is 7.54. The summed E-state index contributed by atoms with van der Waals surface area (Å²) in [4.78, 5) is 26.9. The molecule has 2 amide bonds. The second-order valence-electron chi connectivity index (χ2n) is 5.81. The quantitative estimate of drug-likeness (QED) is 0.803. The van der Waals surface area contributed by atoms with Gasteiger partial charge in [-0.05, 0) is 25.7 Å². The van der Waals surface area contributed by atoms with E-state index in [-0.39, 0.29) is 23.8 Å². The molecule has 0 saturated carbocycles. The van der Waals surface area contributed by atoms with Gasteiger partial charge in [-0.15, -0.1) is 0 Å². The van der Waals surface area contributed by atoms with Crippen molar-refractivity contribution in [3.05, 3.63) is 0 Å². The van der Waals surface area contributed by atoms with Crippen LogP contribution in [0.25, 0.3) is 0 Å². The molecule has 1 fully saturated rings. The van der Waals surface area contributed by atoms with Crippen molar-refractivity contribution in [2.45, 2.75) is 71.9 Å². The number of piperazine rings is 1.